The van der Waals surface area contributed by atoms with E-state index in [1.165, 1.54) is 12.8 Å². The molecule has 0 aromatic heterocycles. The van der Waals surface area contributed by atoms with Crippen molar-refractivity contribution in [2.45, 2.75) is 132 Å². The van der Waals surface area contributed by atoms with Gasteiger partial charge in [0.1, 0.15) is 23.3 Å². The summed E-state index contributed by atoms with van der Waals surface area (Å²) < 4.78 is 33.1. The Morgan fingerprint density at radius 2 is 1.70 bits per heavy atom. The fourth-order valence-electron chi connectivity index (χ4n) is 11.0. The normalized spacial score (nSPS) is 27.0. The minimum Gasteiger partial charge on any atom is -0.459 e. The lowest BCUT2D eigenvalue weighted by molar-refractivity contribution is -0.258. The zero-order valence-corrected chi connectivity index (χ0v) is 38.7. The minimum absolute atomic E-state index is 0.00811. The number of aliphatic hydroxyl groups excluding tert-OH is 3. The molecule has 64 heavy (non-hydrogen) atoms. The molecule has 0 bridgehead atoms. The van der Waals surface area contributed by atoms with E-state index in [4.69, 9.17) is 33.7 Å². The molecule has 13 heteroatoms. The number of carbonyl (C=O) groups excluding carboxylic acids is 1. The number of benzene rings is 2. The van der Waals surface area contributed by atoms with E-state index in [-0.39, 0.29) is 69.8 Å². The number of unbranched alkanes of at least 4 members (excludes halogenated alkanes) is 2. The first-order valence-electron chi connectivity index (χ1n) is 24.1. The lowest BCUT2D eigenvalue weighted by Gasteiger charge is -2.60. The molecule has 3 N–H and O–H groups in total. The molecule has 1 saturated heterocycles. The maximum atomic E-state index is 15.0. The van der Waals surface area contributed by atoms with Crippen molar-refractivity contribution in [3.05, 3.63) is 72.3 Å². The number of rotatable bonds is 25. The number of amides is 1. The Kier molecular flexibility index (Phi) is 18.5. The van der Waals surface area contributed by atoms with Gasteiger partial charge in [-0.3, -0.25) is 4.79 Å². The van der Waals surface area contributed by atoms with Crippen LogP contribution in [-0.2, 0) is 23.8 Å². The van der Waals surface area contributed by atoms with Gasteiger partial charge in [0.25, 0.3) is 0 Å². The molecular weight excluding hydrogens is 833 g/mol. The van der Waals surface area contributed by atoms with Crippen molar-refractivity contribution < 1.29 is 48.6 Å². The van der Waals surface area contributed by atoms with Crippen LogP contribution in [-0.4, -0.2) is 109 Å². The van der Waals surface area contributed by atoms with Gasteiger partial charge in [0.15, 0.2) is 0 Å². The van der Waals surface area contributed by atoms with Crippen LogP contribution in [0.15, 0.2) is 76.8 Å². The van der Waals surface area contributed by atoms with Gasteiger partial charge in [-0.05, 0) is 117 Å². The summed E-state index contributed by atoms with van der Waals surface area (Å²) in [5, 5.41) is 34.7. The molecule has 3 fully saturated rings. The number of nitrogens with zero attached hydrogens (tertiary/aromatic N) is 2. The highest BCUT2D eigenvalue weighted by Gasteiger charge is 2.65. The van der Waals surface area contributed by atoms with E-state index < -0.39 is 24.0 Å². The largest absolute Gasteiger partial charge is 0.459 e. The molecule has 12 nitrogen and oxygen atoms in total. The van der Waals surface area contributed by atoms with Crippen LogP contribution in [0.2, 0.25) is 0 Å². The van der Waals surface area contributed by atoms with Crippen molar-refractivity contribution >= 4 is 23.4 Å². The SMILES string of the molecule is C=CCO[C@@]12Oc3ccc(Oc4ccc(SC)cc4)cc3[C@H]3[C@H](CCCCO)[C@@H](CCCCO)C=C(C(=NOC4CCCCO4)C[C@@H]1N(CCOCCO)C(=O)CCC1CCCC1)[C@H]32. The fourth-order valence-corrected chi connectivity index (χ4v) is 11.4. The summed E-state index contributed by atoms with van der Waals surface area (Å²) in [6, 6.07) is 13.5. The van der Waals surface area contributed by atoms with Gasteiger partial charge in [-0.15, -0.1) is 18.3 Å². The van der Waals surface area contributed by atoms with Crippen LogP contribution in [0.25, 0.3) is 0 Å². The summed E-state index contributed by atoms with van der Waals surface area (Å²) in [7, 11) is 0. The van der Waals surface area contributed by atoms with Crippen molar-refractivity contribution in [3.63, 3.8) is 0 Å². The van der Waals surface area contributed by atoms with Crippen LogP contribution in [0, 0.1) is 23.7 Å². The summed E-state index contributed by atoms with van der Waals surface area (Å²) in [6.07, 6.45) is 19.3. The molecule has 7 atom stereocenters. The first-order chi connectivity index (χ1) is 31.4. The highest BCUT2D eigenvalue weighted by atomic mass is 32.2. The summed E-state index contributed by atoms with van der Waals surface area (Å²) in [5.41, 5.74) is 2.72. The Hall–Kier alpha value is -3.43. The standard InChI is InChI=1S/C51H72N2O10S/c1-3-29-60-51-46(53(25-31-58-32-28-56)47(57)24-17-36-12-4-5-13-36)35-44(52-63-48-16-8-11-30-59-48)42-33-37(14-6-9-26-54)41(15-7-10-27-55)49(50(42)51)43-34-39(20-23-45(43)62-51)61-38-18-21-40(64-2)22-19-38/h3,18-23,33-34,36-37,41,46,48-50,54-56H,1,4-17,24-32,35H2,2H3/t37-,41+,46-,48?,49+,50+,51+/m0/s1. The molecule has 2 aliphatic heterocycles. The third-order valence-corrected chi connectivity index (χ3v) is 14.8. The van der Waals surface area contributed by atoms with Crippen LogP contribution >= 0.6 is 11.8 Å². The minimum atomic E-state index is -1.38. The van der Waals surface area contributed by atoms with E-state index in [1.807, 2.05) is 29.2 Å². The number of thioether (sulfide) groups is 1. The van der Waals surface area contributed by atoms with E-state index in [2.05, 4.69) is 37.1 Å². The van der Waals surface area contributed by atoms with Crippen molar-refractivity contribution in [1.82, 2.24) is 4.90 Å². The Labute approximate surface area is 384 Å². The molecule has 0 spiro atoms. The van der Waals surface area contributed by atoms with Crippen molar-refractivity contribution in [3.8, 4) is 17.2 Å². The first-order valence-corrected chi connectivity index (χ1v) is 25.3. The number of carbonyl (C=O) groups is 1. The van der Waals surface area contributed by atoms with Crippen molar-refractivity contribution in [2.24, 2.45) is 28.8 Å². The van der Waals surface area contributed by atoms with E-state index in [0.717, 1.165) is 91.7 Å². The molecule has 7 rings (SSSR count). The molecule has 2 saturated carbocycles. The first kappa shape index (κ1) is 48.5. The highest BCUT2D eigenvalue weighted by Crippen LogP contribution is 2.62. The summed E-state index contributed by atoms with van der Waals surface area (Å²) in [5.74, 6) is 0.779. The van der Waals surface area contributed by atoms with Crippen molar-refractivity contribution in [1.29, 1.82) is 0 Å². The lowest BCUT2D eigenvalue weighted by atomic mass is 9.55. The maximum absolute atomic E-state index is 15.0. The van der Waals surface area contributed by atoms with E-state index in [9.17, 15) is 20.1 Å². The van der Waals surface area contributed by atoms with Crippen LogP contribution in [0.1, 0.15) is 114 Å². The second-order valence-corrected chi connectivity index (χ2v) is 18.9. The second kappa shape index (κ2) is 24.4. The Morgan fingerprint density at radius 1 is 0.938 bits per heavy atom. The van der Waals surface area contributed by atoms with E-state index in [0.29, 0.717) is 49.7 Å². The number of hydrogen-bond acceptors (Lipinski definition) is 12. The highest BCUT2D eigenvalue weighted by molar-refractivity contribution is 7.98. The Morgan fingerprint density at radius 3 is 2.42 bits per heavy atom. The summed E-state index contributed by atoms with van der Waals surface area (Å²) in [4.78, 5) is 24.4. The van der Waals surface area contributed by atoms with Gasteiger partial charge in [0.2, 0.25) is 18.0 Å². The molecule has 2 heterocycles. The number of allylic oxidation sites excluding steroid dienone is 1. The van der Waals surface area contributed by atoms with Gasteiger partial charge in [0, 0.05) is 55.4 Å². The van der Waals surface area contributed by atoms with Crippen molar-refractivity contribution in [2.75, 3.05) is 59.0 Å². The Bertz CT molecular complexity index is 1850. The average molecular weight is 905 g/mol. The molecule has 352 valence electrons. The monoisotopic (exact) mass is 904 g/mol. The third-order valence-electron chi connectivity index (χ3n) is 14.0. The zero-order chi connectivity index (χ0) is 44.7. The van der Waals surface area contributed by atoms with Crippen LogP contribution in [0.5, 0.6) is 17.2 Å². The molecule has 3 aliphatic carbocycles. The number of ether oxygens (including phenoxy) is 5. The maximum Gasteiger partial charge on any atom is 0.239 e. The lowest BCUT2D eigenvalue weighted by Crippen LogP contribution is -2.70. The Balaban J connectivity index is 1.40. The molecule has 5 aliphatic rings. The predicted octanol–water partition coefficient (Wildman–Crippen LogP) is 9.17. The van der Waals surface area contributed by atoms with Gasteiger partial charge < -0.3 is 48.7 Å². The third kappa shape index (κ3) is 11.7. The van der Waals surface area contributed by atoms with Gasteiger partial charge in [-0.1, -0.05) is 55.8 Å². The van der Waals surface area contributed by atoms with E-state index >= 15 is 0 Å². The second-order valence-electron chi connectivity index (χ2n) is 18.1. The fraction of sp³-hybridized carbons (Fsp3) is 0.647. The van der Waals surface area contributed by atoms with Gasteiger partial charge in [0.05, 0.1) is 44.7 Å². The van der Waals surface area contributed by atoms with E-state index in [1.54, 1.807) is 17.8 Å². The van der Waals surface area contributed by atoms with Crippen LogP contribution < -0.4 is 9.47 Å². The van der Waals surface area contributed by atoms with Gasteiger partial charge in [-0.2, -0.15) is 0 Å². The number of oxime groups is 1. The van der Waals surface area contributed by atoms with Crippen LogP contribution in [0.4, 0.5) is 0 Å². The molecular formula is C51H72N2O10S. The molecule has 1 amide bonds. The smallest absolute Gasteiger partial charge is 0.239 e. The van der Waals surface area contributed by atoms with Gasteiger partial charge in [-0.25, -0.2) is 0 Å². The molecule has 2 aromatic rings. The summed E-state index contributed by atoms with van der Waals surface area (Å²) >= 11 is 1.68. The number of fused-ring (bicyclic) bond motifs is 2. The number of aliphatic hydroxyl groups is 3. The van der Waals surface area contributed by atoms with Gasteiger partial charge >= 0.3 is 0 Å². The zero-order valence-electron chi connectivity index (χ0n) is 37.9. The predicted molar refractivity (Wildman–Crippen MR) is 249 cm³/mol. The van der Waals surface area contributed by atoms with Crippen LogP contribution in [0.3, 0.4) is 0 Å². The molecule has 2 aromatic carbocycles. The quantitative estimate of drug-likeness (QED) is 0.0379. The summed E-state index contributed by atoms with van der Waals surface area (Å²) in [6.45, 7) is 5.63. The molecule has 1 unspecified atom stereocenters. The average Bonchev–Trinajstić information content (AvgIpc) is 3.85. The number of hydrogen-bond donors (Lipinski definition) is 3. The molecule has 0 radical (unpaired) electrons. The topological polar surface area (TPSA) is 149 Å².